The molecule has 0 amide bonds. The highest BCUT2D eigenvalue weighted by Gasteiger charge is 2.15. The lowest BCUT2D eigenvalue weighted by molar-refractivity contribution is 0.317. The van der Waals surface area contributed by atoms with Crippen molar-refractivity contribution in [2.75, 3.05) is 11.4 Å². The van der Waals surface area contributed by atoms with Gasteiger partial charge in [0.15, 0.2) is 5.82 Å². The summed E-state index contributed by atoms with van der Waals surface area (Å²) >= 11 is 0. The lowest BCUT2D eigenvalue weighted by Gasteiger charge is -2.28. The molecule has 3 N–H and O–H groups in total. The average Bonchev–Trinajstić information content (AvgIpc) is 2.47. The molecule has 0 aliphatic rings. The van der Waals surface area contributed by atoms with Crippen LogP contribution in [0.5, 0.6) is 0 Å². The molecule has 2 rings (SSSR count). The summed E-state index contributed by atoms with van der Waals surface area (Å²) in [6.45, 7) is 4.78. The van der Waals surface area contributed by atoms with E-state index >= 15 is 0 Å². The number of oxime groups is 1. The summed E-state index contributed by atoms with van der Waals surface area (Å²) < 4.78 is 0. The van der Waals surface area contributed by atoms with E-state index in [0.717, 1.165) is 16.6 Å². The van der Waals surface area contributed by atoms with Crippen molar-refractivity contribution in [3.63, 3.8) is 0 Å². The molecule has 0 bridgehead atoms. The molecule has 0 aliphatic carbocycles. The largest absolute Gasteiger partial charge is 0.409 e. The first-order chi connectivity index (χ1) is 9.63. The van der Waals surface area contributed by atoms with Crippen LogP contribution in [0.15, 0.2) is 35.6 Å². The summed E-state index contributed by atoms with van der Waals surface area (Å²) in [7, 11) is 0. The number of aromatic nitrogens is 2. The van der Waals surface area contributed by atoms with E-state index in [1.807, 2.05) is 24.3 Å². The normalized spacial score (nSPS) is 12.1. The van der Waals surface area contributed by atoms with Crippen molar-refractivity contribution in [1.82, 2.24) is 10.2 Å². The predicted molar refractivity (Wildman–Crippen MR) is 80.0 cm³/mol. The van der Waals surface area contributed by atoms with E-state index in [2.05, 4.69) is 34.1 Å². The van der Waals surface area contributed by atoms with E-state index in [1.165, 1.54) is 0 Å². The quantitative estimate of drug-likeness (QED) is 0.376. The van der Waals surface area contributed by atoms with Crippen molar-refractivity contribution >= 4 is 22.4 Å². The molecule has 0 saturated heterocycles. The third-order valence-corrected chi connectivity index (χ3v) is 3.18. The standard InChI is InChI=1S/C14H19N5O/c1-10(2)19(8-7-13(15)18-20)14-12-6-4-3-5-11(12)9-16-17-14/h3-6,9-10,20H,7-8H2,1-2H3,(H2,15,18). The summed E-state index contributed by atoms with van der Waals surface area (Å²) in [5, 5.41) is 22.1. The summed E-state index contributed by atoms with van der Waals surface area (Å²) in [4.78, 5) is 2.10. The highest BCUT2D eigenvalue weighted by atomic mass is 16.4. The summed E-state index contributed by atoms with van der Waals surface area (Å²) in [6.07, 6.45) is 2.22. The Bertz CT molecular complexity index is 606. The number of anilines is 1. The fourth-order valence-electron chi connectivity index (χ4n) is 2.12. The van der Waals surface area contributed by atoms with Crippen molar-refractivity contribution in [2.24, 2.45) is 10.9 Å². The van der Waals surface area contributed by atoms with E-state index < -0.39 is 0 Å². The number of hydrogen-bond donors (Lipinski definition) is 2. The monoisotopic (exact) mass is 273 g/mol. The first kappa shape index (κ1) is 14.0. The molecule has 2 aromatic rings. The lowest BCUT2D eigenvalue weighted by atomic mass is 10.1. The van der Waals surface area contributed by atoms with Crippen LogP contribution < -0.4 is 10.6 Å². The topological polar surface area (TPSA) is 87.6 Å². The van der Waals surface area contributed by atoms with Crippen molar-refractivity contribution in [2.45, 2.75) is 26.3 Å². The van der Waals surface area contributed by atoms with Gasteiger partial charge in [-0.1, -0.05) is 29.4 Å². The Labute approximate surface area is 117 Å². The molecular weight excluding hydrogens is 254 g/mol. The van der Waals surface area contributed by atoms with Gasteiger partial charge in [0.2, 0.25) is 0 Å². The van der Waals surface area contributed by atoms with E-state index in [4.69, 9.17) is 10.9 Å². The maximum atomic E-state index is 8.65. The Kier molecular flexibility index (Phi) is 4.34. The van der Waals surface area contributed by atoms with Crippen molar-refractivity contribution in [1.29, 1.82) is 0 Å². The van der Waals surface area contributed by atoms with E-state index in [0.29, 0.717) is 13.0 Å². The van der Waals surface area contributed by atoms with Gasteiger partial charge in [-0.3, -0.25) is 0 Å². The van der Waals surface area contributed by atoms with Gasteiger partial charge in [-0.15, -0.1) is 5.10 Å². The van der Waals surface area contributed by atoms with E-state index in [1.54, 1.807) is 6.20 Å². The van der Waals surface area contributed by atoms with E-state index in [9.17, 15) is 0 Å². The Morgan fingerprint density at radius 1 is 1.40 bits per heavy atom. The molecule has 0 saturated carbocycles. The SMILES string of the molecule is CC(C)N(CCC(N)=NO)c1nncc2ccccc12. The van der Waals surface area contributed by atoms with Gasteiger partial charge in [0.05, 0.1) is 6.20 Å². The molecule has 0 spiro atoms. The zero-order chi connectivity index (χ0) is 14.5. The zero-order valence-corrected chi connectivity index (χ0v) is 11.7. The van der Waals surface area contributed by atoms with Crippen LogP contribution in [0.25, 0.3) is 10.8 Å². The van der Waals surface area contributed by atoms with Crippen LogP contribution in [-0.4, -0.2) is 33.8 Å². The molecular formula is C14H19N5O. The Hall–Kier alpha value is -2.37. The van der Waals surface area contributed by atoms with Crippen molar-refractivity contribution in [3.8, 4) is 0 Å². The number of nitrogens with two attached hydrogens (primary N) is 1. The van der Waals surface area contributed by atoms with Crippen LogP contribution in [0.4, 0.5) is 5.82 Å². The zero-order valence-electron chi connectivity index (χ0n) is 11.7. The van der Waals surface area contributed by atoms with Gasteiger partial charge >= 0.3 is 0 Å². The van der Waals surface area contributed by atoms with Crippen LogP contribution in [0, 0.1) is 0 Å². The molecule has 0 unspecified atom stereocenters. The van der Waals surface area contributed by atoms with Gasteiger partial charge in [-0.05, 0) is 13.8 Å². The average molecular weight is 273 g/mol. The van der Waals surface area contributed by atoms with Gasteiger partial charge in [0, 0.05) is 29.8 Å². The molecule has 6 nitrogen and oxygen atoms in total. The first-order valence-electron chi connectivity index (χ1n) is 6.57. The molecule has 6 heteroatoms. The van der Waals surface area contributed by atoms with Crippen LogP contribution in [0.2, 0.25) is 0 Å². The third kappa shape index (κ3) is 2.96. The minimum atomic E-state index is 0.212. The van der Waals surface area contributed by atoms with Gasteiger partial charge < -0.3 is 15.8 Å². The van der Waals surface area contributed by atoms with Gasteiger partial charge in [0.25, 0.3) is 0 Å². The maximum Gasteiger partial charge on any atom is 0.159 e. The smallest absolute Gasteiger partial charge is 0.159 e. The number of nitrogens with zero attached hydrogens (tertiary/aromatic N) is 4. The number of rotatable bonds is 5. The number of hydrogen-bond acceptors (Lipinski definition) is 5. The van der Waals surface area contributed by atoms with Crippen LogP contribution in [0.3, 0.4) is 0 Å². The molecule has 0 aliphatic heterocycles. The molecule has 0 fully saturated rings. The fourth-order valence-corrected chi connectivity index (χ4v) is 2.12. The van der Waals surface area contributed by atoms with Gasteiger partial charge in [-0.25, -0.2) is 0 Å². The molecule has 20 heavy (non-hydrogen) atoms. The minimum absolute atomic E-state index is 0.212. The highest BCUT2D eigenvalue weighted by molar-refractivity contribution is 5.91. The van der Waals surface area contributed by atoms with Crippen LogP contribution >= 0.6 is 0 Å². The lowest BCUT2D eigenvalue weighted by Crippen LogP contribution is -2.35. The molecule has 0 atom stereocenters. The minimum Gasteiger partial charge on any atom is -0.409 e. The second kappa shape index (κ2) is 6.18. The van der Waals surface area contributed by atoms with Crippen molar-refractivity contribution < 1.29 is 5.21 Å². The maximum absolute atomic E-state index is 8.65. The predicted octanol–water partition coefficient (Wildman–Crippen LogP) is 1.98. The Morgan fingerprint density at radius 2 is 2.15 bits per heavy atom. The Balaban J connectivity index is 2.36. The molecule has 1 aromatic carbocycles. The second-order valence-corrected chi connectivity index (χ2v) is 4.88. The second-order valence-electron chi connectivity index (χ2n) is 4.88. The summed E-state index contributed by atoms with van der Waals surface area (Å²) in [6, 6.07) is 8.23. The summed E-state index contributed by atoms with van der Waals surface area (Å²) in [5.74, 6) is 1.03. The van der Waals surface area contributed by atoms with Crippen molar-refractivity contribution in [3.05, 3.63) is 30.5 Å². The van der Waals surface area contributed by atoms with Gasteiger partial charge in [0.1, 0.15) is 5.84 Å². The van der Waals surface area contributed by atoms with Gasteiger partial charge in [-0.2, -0.15) is 5.10 Å². The molecule has 0 radical (unpaired) electrons. The highest BCUT2D eigenvalue weighted by Crippen LogP contribution is 2.24. The number of fused-ring (bicyclic) bond motifs is 1. The molecule has 1 heterocycles. The fraction of sp³-hybridized carbons (Fsp3) is 0.357. The third-order valence-electron chi connectivity index (χ3n) is 3.18. The number of benzene rings is 1. The molecule has 106 valence electrons. The first-order valence-corrected chi connectivity index (χ1v) is 6.57. The molecule has 1 aromatic heterocycles. The Morgan fingerprint density at radius 3 is 2.85 bits per heavy atom. The number of amidine groups is 1. The van der Waals surface area contributed by atoms with Crippen LogP contribution in [-0.2, 0) is 0 Å². The van der Waals surface area contributed by atoms with Crippen LogP contribution in [0.1, 0.15) is 20.3 Å². The summed E-state index contributed by atoms with van der Waals surface area (Å²) in [5.41, 5.74) is 5.55. The van der Waals surface area contributed by atoms with E-state index in [-0.39, 0.29) is 11.9 Å².